The summed E-state index contributed by atoms with van der Waals surface area (Å²) in [6.45, 7) is 0. The van der Waals surface area contributed by atoms with Crippen molar-refractivity contribution in [1.29, 1.82) is 0 Å². The van der Waals surface area contributed by atoms with E-state index >= 15 is 0 Å². The number of hydrogen-bond donors (Lipinski definition) is 1. The average Bonchev–Trinajstić information content (AvgIpc) is 3.17. The summed E-state index contributed by atoms with van der Waals surface area (Å²) in [5.74, 6) is 0. The van der Waals surface area contributed by atoms with Gasteiger partial charge in [0.05, 0.1) is 0 Å². The number of aromatic nitrogens is 4. The van der Waals surface area contributed by atoms with Gasteiger partial charge in [0.25, 0.3) is 0 Å². The number of fused-ring (bicyclic) bond motifs is 4. The fourth-order valence-electron chi connectivity index (χ4n) is 2.67. The molecule has 0 unspecified atom stereocenters. The summed E-state index contributed by atoms with van der Waals surface area (Å²) < 4.78 is 2.03. The van der Waals surface area contributed by atoms with Gasteiger partial charge in [0.2, 0.25) is 5.16 Å². The Morgan fingerprint density at radius 1 is 1.25 bits per heavy atom. The second-order valence-electron chi connectivity index (χ2n) is 4.64. The molecule has 0 amide bonds. The summed E-state index contributed by atoms with van der Waals surface area (Å²) in [4.78, 5) is 3.35. The van der Waals surface area contributed by atoms with Crippen molar-refractivity contribution < 1.29 is 0 Å². The number of thioether (sulfide) groups is 2. The number of rotatable bonds is 1. The molecule has 4 heterocycles. The van der Waals surface area contributed by atoms with E-state index in [0.29, 0.717) is 0 Å². The maximum Gasteiger partial charge on any atom is 0.216 e. The Hall–Kier alpha value is -1.86. The molecule has 0 fully saturated rings. The summed E-state index contributed by atoms with van der Waals surface area (Å²) in [6.07, 6.45) is 3.88. The lowest BCUT2D eigenvalue weighted by molar-refractivity contribution is 0.635. The van der Waals surface area contributed by atoms with Gasteiger partial charge in [-0.3, -0.25) is 5.01 Å². The van der Waals surface area contributed by atoms with Crippen molar-refractivity contribution in [3.05, 3.63) is 52.8 Å². The van der Waals surface area contributed by atoms with Gasteiger partial charge >= 0.3 is 0 Å². The van der Waals surface area contributed by atoms with Crippen LogP contribution in [0.15, 0.2) is 52.4 Å². The zero-order valence-corrected chi connectivity index (χ0v) is 11.9. The molecule has 20 heavy (non-hydrogen) atoms. The van der Waals surface area contributed by atoms with Crippen LogP contribution >= 0.6 is 23.5 Å². The van der Waals surface area contributed by atoms with E-state index in [1.807, 2.05) is 16.4 Å². The van der Waals surface area contributed by atoms with Crippen LogP contribution in [-0.2, 0) is 0 Å². The average molecular weight is 299 g/mol. The number of nitrogens with one attached hydrogen (secondary N) is 1. The molecule has 0 spiro atoms. The Bertz CT molecular complexity index is 849. The lowest BCUT2D eigenvalue weighted by Gasteiger charge is -2.23. The fourth-order valence-corrected chi connectivity index (χ4v) is 4.91. The maximum absolute atomic E-state index is 4.13. The minimum absolute atomic E-state index is 0.228. The Morgan fingerprint density at radius 2 is 2.20 bits per heavy atom. The molecule has 98 valence electrons. The molecule has 0 saturated carbocycles. The highest BCUT2D eigenvalue weighted by Gasteiger charge is 2.38. The predicted molar refractivity (Wildman–Crippen MR) is 80.8 cm³/mol. The van der Waals surface area contributed by atoms with Crippen LogP contribution in [0.25, 0.3) is 10.9 Å². The van der Waals surface area contributed by atoms with Gasteiger partial charge in [-0.1, -0.05) is 30.0 Å². The highest BCUT2D eigenvalue weighted by Crippen LogP contribution is 2.51. The van der Waals surface area contributed by atoms with Gasteiger partial charge in [0, 0.05) is 28.1 Å². The van der Waals surface area contributed by atoms with Crippen LogP contribution in [0.2, 0.25) is 0 Å². The van der Waals surface area contributed by atoms with Crippen molar-refractivity contribution in [2.45, 2.75) is 10.5 Å². The molecule has 1 atom stereocenters. The second kappa shape index (κ2) is 3.83. The number of aromatic amines is 1. The maximum atomic E-state index is 4.13. The van der Waals surface area contributed by atoms with E-state index in [0.717, 1.165) is 5.16 Å². The summed E-state index contributed by atoms with van der Waals surface area (Å²) >= 11 is 3.49. The van der Waals surface area contributed by atoms with Gasteiger partial charge in [-0.2, -0.15) is 0 Å². The van der Waals surface area contributed by atoms with Crippen molar-refractivity contribution in [3.63, 3.8) is 0 Å². The number of benzene rings is 1. The summed E-state index contributed by atoms with van der Waals surface area (Å²) in [7, 11) is 0. The number of para-hydroxylation sites is 1. The second-order valence-corrected chi connectivity index (χ2v) is 6.58. The van der Waals surface area contributed by atoms with Crippen molar-refractivity contribution in [1.82, 2.24) is 19.9 Å². The van der Waals surface area contributed by atoms with Crippen LogP contribution in [0.5, 0.6) is 0 Å². The zero-order valence-electron chi connectivity index (χ0n) is 10.2. The van der Waals surface area contributed by atoms with E-state index in [1.165, 1.54) is 21.5 Å². The Kier molecular flexibility index (Phi) is 2.08. The van der Waals surface area contributed by atoms with E-state index in [4.69, 9.17) is 0 Å². The van der Waals surface area contributed by atoms with Gasteiger partial charge in [0.1, 0.15) is 16.7 Å². The first-order valence-corrected chi connectivity index (χ1v) is 7.97. The first-order chi connectivity index (χ1) is 9.92. The van der Waals surface area contributed by atoms with Gasteiger partial charge in [-0.05, 0) is 17.8 Å². The molecule has 1 N–H and O–H groups in total. The normalized spacial score (nSPS) is 20.3. The van der Waals surface area contributed by atoms with Gasteiger partial charge in [-0.25, -0.2) is 4.68 Å². The van der Waals surface area contributed by atoms with E-state index in [-0.39, 0.29) is 5.37 Å². The molecule has 5 rings (SSSR count). The lowest BCUT2D eigenvalue weighted by Crippen LogP contribution is -2.28. The van der Waals surface area contributed by atoms with E-state index in [9.17, 15) is 0 Å². The van der Waals surface area contributed by atoms with Crippen molar-refractivity contribution >= 4 is 34.4 Å². The van der Waals surface area contributed by atoms with Crippen LogP contribution in [0.3, 0.4) is 0 Å². The molecular weight excluding hydrogens is 290 g/mol. The number of hydrogen-bond acceptors (Lipinski definition) is 5. The van der Waals surface area contributed by atoms with Crippen LogP contribution in [0, 0.1) is 0 Å². The van der Waals surface area contributed by atoms with E-state index in [1.54, 1.807) is 18.1 Å². The van der Waals surface area contributed by atoms with Gasteiger partial charge in [0.15, 0.2) is 0 Å². The Labute approximate surface area is 123 Å². The number of nitrogens with zero attached hydrogens (tertiary/aromatic N) is 4. The first kappa shape index (κ1) is 10.9. The molecule has 3 aromatic rings. The summed E-state index contributed by atoms with van der Waals surface area (Å²) in [5.41, 5.74) is 2.46. The molecule has 2 aliphatic rings. The SMILES string of the molecule is C1=C2Sc3nncn3N2[C@H](c2c[nH]c3ccccc23)S1. The third kappa shape index (κ3) is 1.31. The third-order valence-electron chi connectivity index (χ3n) is 3.56. The van der Waals surface area contributed by atoms with Crippen LogP contribution in [0.1, 0.15) is 10.9 Å². The molecule has 0 radical (unpaired) electrons. The Morgan fingerprint density at radius 3 is 3.20 bits per heavy atom. The first-order valence-electron chi connectivity index (χ1n) is 6.21. The van der Waals surface area contributed by atoms with Gasteiger partial charge in [-0.15, -0.1) is 10.2 Å². The zero-order chi connectivity index (χ0) is 13.1. The van der Waals surface area contributed by atoms with Crippen molar-refractivity contribution in [3.8, 4) is 0 Å². The molecule has 2 aromatic heterocycles. The molecule has 0 saturated heterocycles. The smallest absolute Gasteiger partial charge is 0.216 e. The van der Waals surface area contributed by atoms with Crippen LogP contribution < -0.4 is 5.01 Å². The van der Waals surface area contributed by atoms with E-state index < -0.39 is 0 Å². The fraction of sp³-hybridized carbons (Fsp3) is 0.0769. The predicted octanol–water partition coefficient (Wildman–Crippen LogP) is 3.05. The Balaban J connectivity index is 1.66. The van der Waals surface area contributed by atoms with Crippen molar-refractivity contribution in [2.24, 2.45) is 0 Å². The van der Waals surface area contributed by atoms with Crippen LogP contribution in [0.4, 0.5) is 0 Å². The minimum atomic E-state index is 0.228. The quantitative estimate of drug-likeness (QED) is 0.748. The highest BCUT2D eigenvalue weighted by molar-refractivity contribution is 8.07. The number of H-pyrrole nitrogens is 1. The largest absolute Gasteiger partial charge is 0.361 e. The topological polar surface area (TPSA) is 49.7 Å². The lowest BCUT2D eigenvalue weighted by atomic mass is 10.2. The standard InChI is InChI=1S/C13H9N5S2/c1-2-4-10-8(3-1)9(5-14-10)12-18-11(6-19-12)20-13-16-15-7-17(13)18/h1-7,12,14H/t12-/m0/s1. The van der Waals surface area contributed by atoms with E-state index in [2.05, 4.69) is 56.1 Å². The summed E-state index contributed by atoms with van der Waals surface area (Å²) in [5, 5.41) is 16.2. The molecule has 0 bridgehead atoms. The van der Waals surface area contributed by atoms with Gasteiger partial charge < -0.3 is 4.98 Å². The molecule has 1 aromatic carbocycles. The molecule has 2 aliphatic heterocycles. The summed E-state index contributed by atoms with van der Waals surface area (Å²) in [6, 6.07) is 8.40. The minimum Gasteiger partial charge on any atom is -0.361 e. The monoisotopic (exact) mass is 299 g/mol. The van der Waals surface area contributed by atoms with Crippen LogP contribution in [-0.4, -0.2) is 19.9 Å². The molecule has 7 heteroatoms. The molecule has 5 nitrogen and oxygen atoms in total. The molecular formula is C13H9N5S2. The third-order valence-corrected chi connectivity index (χ3v) is 5.75. The molecule has 0 aliphatic carbocycles. The van der Waals surface area contributed by atoms with Crippen molar-refractivity contribution in [2.75, 3.05) is 5.01 Å². The highest BCUT2D eigenvalue weighted by atomic mass is 32.2.